The molecule has 0 saturated heterocycles. The molecule has 0 radical (unpaired) electrons. The average Bonchev–Trinajstić information content (AvgIpc) is 3.10. The summed E-state index contributed by atoms with van der Waals surface area (Å²) >= 11 is 0. The van der Waals surface area contributed by atoms with Crippen LogP contribution in [0.15, 0.2) is 60.7 Å². The fraction of sp³-hybridized carbons (Fsp3) is 0.346. The van der Waals surface area contributed by atoms with E-state index in [0.717, 1.165) is 35.7 Å². The maximum atomic E-state index is 10.4. The Balaban J connectivity index is 1.89. The van der Waals surface area contributed by atoms with Crippen molar-refractivity contribution in [2.24, 2.45) is 0 Å². The van der Waals surface area contributed by atoms with Crippen molar-refractivity contribution in [3.8, 4) is 29.7 Å². The normalized spacial score (nSPS) is 12.0. The summed E-state index contributed by atoms with van der Waals surface area (Å²) in [6, 6.07) is 19.7. The number of aliphatic hydroxyl groups excluding tert-OH is 1. The molecule has 0 aliphatic rings. The Kier molecular flexibility index (Phi) is 8.88. The molecule has 32 heavy (non-hydrogen) atoms. The highest BCUT2D eigenvalue weighted by Crippen LogP contribution is 2.31. The fourth-order valence-electron chi connectivity index (χ4n) is 3.55. The van der Waals surface area contributed by atoms with Crippen molar-refractivity contribution in [3.63, 3.8) is 0 Å². The molecule has 3 aromatic rings. The first-order chi connectivity index (χ1) is 15.6. The maximum absolute atomic E-state index is 10.4. The summed E-state index contributed by atoms with van der Waals surface area (Å²) in [6.45, 7) is 6.41. The summed E-state index contributed by atoms with van der Waals surface area (Å²) in [4.78, 5) is 2.20. The van der Waals surface area contributed by atoms with E-state index in [1.54, 1.807) is 0 Å². The Bertz CT molecular complexity index is 996. The number of aryl methyl sites for hydroxylation is 1. The number of aliphatic hydroxyl groups is 1. The lowest BCUT2D eigenvalue weighted by atomic mass is 10.2. The van der Waals surface area contributed by atoms with Gasteiger partial charge in [-0.15, -0.1) is 6.42 Å². The van der Waals surface area contributed by atoms with Gasteiger partial charge in [0.25, 0.3) is 0 Å². The molecule has 1 heterocycles. The van der Waals surface area contributed by atoms with Gasteiger partial charge in [-0.3, -0.25) is 4.90 Å². The monoisotopic (exact) mass is 433 g/mol. The van der Waals surface area contributed by atoms with Gasteiger partial charge in [0.05, 0.1) is 29.7 Å². The van der Waals surface area contributed by atoms with Crippen LogP contribution in [0, 0.1) is 19.3 Å². The lowest BCUT2D eigenvalue weighted by Gasteiger charge is -2.25. The molecule has 1 atom stereocenters. The number of nitrogens with zero attached hydrogens (tertiary/aromatic N) is 3. The van der Waals surface area contributed by atoms with Gasteiger partial charge < -0.3 is 14.6 Å². The molecule has 2 aromatic carbocycles. The zero-order valence-electron chi connectivity index (χ0n) is 18.8. The number of para-hydroxylation sites is 2. The predicted octanol–water partition coefficient (Wildman–Crippen LogP) is 4.20. The van der Waals surface area contributed by atoms with Crippen molar-refractivity contribution in [2.45, 2.75) is 32.9 Å². The minimum absolute atomic E-state index is 0.197. The Labute approximate surface area is 190 Å². The van der Waals surface area contributed by atoms with Crippen molar-refractivity contribution < 1.29 is 14.6 Å². The van der Waals surface area contributed by atoms with E-state index >= 15 is 0 Å². The van der Waals surface area contributed by atoms with E-state index in [-0.39, 0.29) is 13.2 Å². The van der Waals surface area contributed by atoms with Gasteiger partial charge in [0, 0.05) is 13.1 Å². The van der Waals surface area contributed by atoms with Crippen molar-refractivity contribution in [1.29, 1.82) is 0 Å². The van der Waals surface area contributed by atoms with Crippen molar-refractivity contribution in [3.05, 3.63) is 71.9 Å². The lowest BCUT2D eigenvalue weighted by Crippen LogP contribution is -2.35. The van der Waals surface area contributed by atoms with Crippen LogP contribution in [0.5, 0.6) is 11.6 Å². The zero-order chi connectivity index (χ0) is 22.8. The zero-order valence-corrected chi connectivity index (χ0v) is 18.8. The quantitative estimate of drug-likeness (QED) is 0.343. The Morgan fingerprint density at radius 2 is 1.81 bits per heavy atom. The molecular weight excluding hydrogens is 402 g/mol. The molecule has 1 aromatic heterocycles. The molecule has 6 nitrogen and oxygen atoms in total. The van der Waals surface area contributed by atoms with E-state index in [9.17, 15) is 5.11 Å². The van der Waals surface area contributed by atoms with Gasteiger partial charge in [-0.25, -0.2) is 4.68 Å². The number of benzene rings is 2. The largest absolute Gasteiger partial charge is 0.439 e. The van der Waals surface area contributed by atoms with E-state index < -0.39 is 6.10 Å². The summed E-state index contributed by atoms with van der Waals surface area (Å²) < 4.78 is 13.5. The van der Waals surface area contributed by atoms with E-state index in [0.29, 0.717) is 19.0 Å². The molecule has 0 bridgehead atoms. The Morgan fingerprint density at radius 1 is 1.12 bits per heavy atom. The minimum Gasteiger partial charge on any atom is -0.439 e. The molecule has 0 aliphatic carbocycles. The smallest absolute Gasteiger partial charge is 0.227 e. The highest BCUT2D eigenvalue weighted by Gasteiger charge is 2.22. The first-order valence-corrected chi connectivity index (χ1v) is 10.9. The highest BCUT2D eigenvalue weighted by atomic mass is 16.5. The average molecular weight is 434 g/mol. The second kappa shape index (κ2) is 12.1. The Morgan fingerprint density at radius 3 is 2.47 bits per heavy atom. The topological polar surface area (TPSA) is 59.8 Å². The standard InChI is InChI=1S/C26H31N3O3/c1-4-16-28(18-23(30)20-31-17-5-2)19-25-21(3)27-29(22-12-8-6-9-13-22)26(25)32-24-14-10-7-11-15-24/h2,6-15,23,30H,4,16-20H2,1,3H3/t23-/m1/s1. The third-order valence-electron chi connectivity index (χ3n) is 4.98. The maximum Gasteiger partial charge on any atom is 0.227 e. The van der Waals surface area contributed by atoms with E-state index in [1.165, 1.54) is 0 Å². The van der Waals surface area contributed by atoms with Gasteiger partial charge in [-0.2, -0.15) is 5.10 Å². The number of ether oxygens (including phenoxy) is 2. The van der Waals surface area contributed by atoms with Crippen molar-refractivity contribution >= 4 is 0 Å². The van der Waals surface area contributed by atoms with Crippen molar-refractivity contribution in [2.75, 3.05) is 26.3 Å². The first-order valence-electron chi connectivity index (χ1n) is 10.9. The van der Waals surface area contributed by atoms with Gasteiger partial charge in [0.15, 0.2) is 0 Å². The molecule has 168 valence electrons. The Hall–Kier alpha value is -3.11. The highest BCUT2D eigenvalue weighted by molar-refractivity contribution is 5.43. The van der Waals surface area contributed by atoms with Gasteiger partial charge in [-0.1, -0.05) is 49.2 Å². The van der Waals surface area contributed by atoms with E-state index in [4.69, 9.17) is 21.0 Å². The summed E-state index contributed by atoms with van der Waals surface area (Å²) in [5.74, 6) is 3.85. The fourth-order valence-corrected chi connectivity index (χ4v) is 3.55. The van der Waals surface area contributed by atoms with Gasteiger partial charge in [0.1, 0.15) is 12.4 Å². The molecule has 0 fully saturated rings. The first kappa shape index (κ1) is 23.6. The molecule has 0 aliphatic heterocycles. The molecule has 3 rings (SSSR count). The summed E-state index contributed by atoms with van der Waals surface area (Å²) in [7, 11) is 0. The number of aromatic nitrogens is 2. The van der Waals surface area contributed by atoms with Crippen LogP contribution in [0.1, 0.15) is 24.6 Å². The molecule has 0 amide bonds. The molecular formula is C26H31N3O3. The van der Waals surface area contributed by atoms with E-state index in [2.05, 4.69) is 17.7 Å². The number of hydrogen-bond acceptors (Lipinski definition) is 5. The van der Waals surface area contributed by atoms with Crippen LogP contribution in [0.2, 0.25) is 0 Å². The predicted molar refractivity (Wildman–Crippen MR) is 126 cm³/mol. The van der Waals surface area contributed by atoms with Crippen LogP contribution in [0.25, 0.3) is 5.69 Å². The third-order valence-corrected chi connectivity index (χ3v) is 4.98. The number of hydrogen-bond donors (Lipinski definition) is 1. The van der Waals surface area contributed by atoms with Crippen LogP contribution >= 0.6 is 0 Å². The van der Waals surface area contributed by atoms with Gasteiger partial charge >= 0.3 is 0 Å². The number of rotatable bonds is 12. The van der Waals surface area contributed by atoms with E-state index in [1.807, 2.05) is 72.3 Å². The second-order valence-electron chi connectivity index (χ2n) is 7.64. The van der Waals surface area contributed by atoms with Gasteiger partial charge in [-0.05, 0) is 44.2 Å². The molecule has 0 unspecified atom stereocenters. The SMILES string of the molecule is C#CCOC[C@H](O)CN(CCC)Cc1c(C)nn(-c2ccccc2)c1Oc1ccccc1. The number of terminal acetylenes is 1. The van der Waals surface area contributed by atoms with Crippen LogP contribution in [0.3, 0.4) is 0 Å². The summed E-state index contributed by atoms with van der Waals surface area (Å²) in [6.07, 6.45) is 5.55. The second-order valence-corrected chi connectivity index (χ2v) is 7.64. The molecule has 6 heteroatoms. The van der Waals surface area contributed by atoms with Crippen LogP contribution in [-0.2, 0) is 11.3 Å². The summed E-state index contributed by atoms with van der Waals surface area (Å²) in [5, 5.41) is 15.2. The van der Waals surface area contributed by atoms with Crippen LogP contribution in [0.4, 0.5) is 0 Å². The molecule has 1 N–H and O–H groups in total. The summed E-state index contributed by atoms with van der Waals surface area (Å²) in [5.41, 5.74) is 2.81. The van der Waals surface area contributed by atoms with Crippen molar-refractivity contribution in [1.82, 2.24) is 14.7 Å². The molecule has 0 spiro atoms. The van der Waals surface area contributed by atoms with Gasteiger partial charge in [0.2, 0.25) is 5.88 Å². The minimum atomic E-state index is -0.627. The molecule has 0 saturated carbocycles. The lowest BCUT2D eigenvalue weighted by molar-refractivity contribution is 0.0259. The van der Waals surface area contributed by atoms with Crippen LogP contribution in [-0.4, -0.2) is 52.2 Å². The third kappa shape index (κ3) is 6.44. The van der Waals surface area contributed by atoms with Crippen LogP contribution < -0.4 is 4.74 Å².